The molecule has 0 fully saturated rings. The summed E-state index contributed by atoms with van der Waals surface area (Å²) in [5.41, 5.74) is 5.52. The number of H-pyrrole nitrogens is 1. The fraction of sp³-hybridized carbons (Fsp3) is 0.300. The molecule has 4 heteroatoms. The Morgan fingerprint density at radius 2 is 1.83 bits per heavy atom. The molecule has 24 heavy (non-hydrogen) atoms. The lowest BCUT2D eigenvalue weighted by atomic mass is 9.91. The Balaban J connectivity index is 1.49. The van der Waals surface area contributed by atoms with Gasteiger partial charge in [-0.1, -0.05) is 44.0 Å². The average Bonchev–Trinajstić information content (AvgIpc) is 2.95. The topological polar surface area (TPSA) is 27.8 Å². The highest BCUT2D eigenvalue weighted by Crippen LogP contribution is 2.35. The first-order valence-electron chi connectivity index (χ1n) is 8.48. The summed E-state index contributed by atoms with van der Waals surface area (Å²) in [6, 6.07) is 15.6. The Bertz CT molecular complexity index is 852. The number of hydrogen-bond acceptors (Lipinski definition) is 1. The van der Waals surface area contributed by atoms with E-state index in [1.807, 2.05) is 0 Å². The first-order valence-corrected chi connectivity index (χ1v) is 10.1. The van der Waals surface area contributed by atoms with E-state index in [0.717, 1.165) is 21.9 Å². The van der Waals surface area contributed by atoms with Gasteiger partial charge in [0.25, 0.3) is 0 Å². The molecule has 0 radical (unpaired) electrons. The van der Waals surface area contributed by atoms with Crippen molar-refractivity contribution in [1.29, 1.82) is 0 Å². The van der Waals surface area contributed by atoms with Crippen LogP contribution in [0.5, 0.6) is 0 Å². The third kappa shape index (κ3) is 3.32. The highest BCUT2D eigenvalue weighted by molar-refractivity contribution is 9.10. The zero-order valence-corrected chi connectivity index (χ0v) is 16.6. The van der Waals surface area contributed by atoms with Gasteiger partial charge in [-0.25, -0.2) is 0 Å². The van der Waals surface area contributed by atoms with Crippen LogP contribution in [0, 0.1) is 0 Å². The van der Waals surface area contributed by atoms with Gasteiger partial charge in [0, 0.05) is 31.6 Å². The third-order valence-electron chi connectivity index (χ3n) is 4.89. The van der Waals surface area contributed by atoms with E-state index in [-0.39, 0.29) is 0 Å². The van der Waals surface area contributed by atoms with Crippen molar-refractivity contribution in [1.82, 2.24) is 10.3 Å². The maximum atomic E-state index is 3.76. The van der Waals surface area contributed by atoms with E-state index >= 15 is 0 Å². The number of aryl methyl sites for hydroxylation is 1. The molecule has 2 aromatic carbocycles. The number of nitrogens with one attached hydrogen (secondary N) is 2. The van der Waals surface area contributed by atoms with Crippen molar-refractivity contribution < 1.29 is 0 Å². The van der Waals surface area contributed by atoms with Crippen LogP contribution >= 0.6 is 31.9 Å². The van der Waals surface area contributed by atoms with Gasteiger partial charge in [0.2, 0.25) is 0 Å². The fourth-order valence-corrected chi connectivity index (χ4v) is 4.31. The molecule has 1 aliphatic rings. The van der Waals surface area contributed by atoms with Crippen LogP contribution in [0.4, 0.5) is 0 Å². The molecule has 0 spiro atoms. The lowest BCUT2D eigenvalue weighted by molar-refractivity contribution is 0.456. The lowest BCUT2D eigenvalue weighted by Gasteiger charge is -2.24. The van der Waals surface area contributed by atoms with E-state index in [9.17, 15) is 0 Å². The normalized spacial score (nSPS) is 17.2. The molecule has 2 N–H and O–H groups in total. The molecule has 0 amide bonds. The summed E-state index contributed by atoms with van der Waals surface area (Å²) in [4.78, 5) is 3.66. The molecule has 2 nitrogen and oxygen atoms in total. The van der Waals surface area contributed by atoms with Gasteiger partial charge in [-0.15, -0.1) is 0 Å². The summed E-state index contributed by atoms with van der Waals surface area (Å²) in [6.45, 7) is 1.00. The Labute approximate surface area is 159 Å². The minimum absolute atomic E-state index is 0.440. The minimum Gasteiger partial charge on any atom is -0.357 e. The van der Waals surface area contributed by atoms with Gasteiger partial charge in [0.05, 0.1) is 0 Å². The smallest absolute Gasteiger partial charge is 0.0476 e. The maximum absolute atomic E-state index is 3.76. The van der Waals surface area contributed by atoms with E-state index in [1.165, 1.54) is 47.0 Å². The van der Waals surface area contributed by atoms with E-state index in [4.69, 9.17) is 0 Å². The number of halogens is 2. The average molecular weight is 448 g/mol. The van der Waals surface area contributed by atoms with Gasteiger partial charge in [-0.05, 0) is 73.7 Å². The number of aromatic amines is 1. The molecule has 1 aromatic heterocycles. The molecule has 1 aliphatic carbocycles. The van der Waals surface area contributed by atoms with Crippen molar-refractivity contribution in [3.63, 3.8) is 0 Å². The molecule has 0 saturated carbocycles. The van der Waals surface area contributed by atoms with Crippen LogP contribution in [-0.2, 0) is 12.8 Å². The number of aromatic nitrogens is 1. The summed E-state index contributed by atoms with van der Waals surface area (Å²) >= 11 is 7.09. The van der Waals surface area contributed by atoms with Crippen LogP contribution in [0.15, 0.2) is 51.4 Å². The van der Waals surface area contributed by atoms with Gasteiger partial charge in [-0.2, -0.15) is 0 Å². The van der Waals surface area contributed by atoms with E-state index in [2.05, 4.69) is 84.6 Å². The predicted molar refractivity (Wildman–Crippen MR) is 108 cm³/mol. The number of benzene rings is 2. The molecule has 124 valence electrons. The predicted octanol–water partition coefficient (Wildman–Crippen LogP) is 5.90. The lowest BCUT2D eigenvalue weighted by Crippen LogP contribution is -2.27. The molecule has 0 aliphatic heterocycles. The second-order valence-electron chi connectivity index (χ2n) is 6.48. The Morgan fingerprint density at radius 1 is 1.04 bits per heavy atom. The van der Waals surface area contributed by atoms with Gasteiger partial charge in [0.1, 0.15) is 0 Å². The second-order valence-corrected chi connectivity index (χ2v) is 8.31. The van der Waals surface area contributed by atoms with E-state index in [0.29, 0.717) is 6.04 Å². The van der Waals surface area contributed by atoms with Crippen LogP contribution < -0.4 is 5.32 Å². The number of rotatable bonds is 4. The molecule has 4 rings (SSSR count). The van der Waals surface area contributed by atoms with Crippen molar-refractivity contribution in [2.24, 2.45) is 0 Å². The highest BCUT2D eigenvalue weighted by atomic mass is 79.9. The Kier molecular flexibility index (Phi) is 4.79. The van der Waals surface area contributed by atoms with E-state index in [1.54, 1.807) is 0 Å². The first kappa shape index (κ1) is 16.4. The second kappa shape index (κ2) is 7.03. The molecule has 0 bridgehead atoms. The van der Waals surface area contributed by atoms with Gasteiger partial charge in [0.15, 0.2) is 0 Å². The fourth-order valence-electron chi connectivity index (χ4n) is 3.68. The quantitative estimate of drug-likeness (QED) is 0.511. The van der Waals surface area contributed by atoms with Crippen LogP contribution in [-0.4, -0.2) is 11.5 Å². The van der Waals surface area contributed by atoms with Crippen molar-refractivity contribution >= 4 is 42.8 Å². The van der Waals surface area contributed by atoms with E-state index < -0.39 is 0 Å². The summed E-state index contributed by atoms with van der Waals surface area (Å²) in [7, 11) is 0. The van der Waals surface area contributed by atoms with Gasteiger partial charge < -0.3 is 10.3 Å². The molecule has 3 aromatic rings. The Morgan fingerprint density at radius 3 is 2.67 bits per heavy atom. The summed E-state index contributed by atoms with van der Waals surface area (Å²) in [5.74, 6) is 0. The van der Waals surface area contributed by atoms with Crippen LogP contribution in [0.25, 0.3) is 10.9 Å². The summed E-state index contributed by atoms with van der Waals surface area (Å²) < 4.78 is 2.29. The van der Waals surface area contributed by atoms with Crippen LogP contribution in [0.3, 0.4) is 0 Å². The first-order chi connectivity index (χ1) is 11.7. The SMILES string of the molecule is Brc1ccc(CCNC2CCCc3c2[nH]c2ccc(Br)cc32)cc1. The van der Waals surface area contributed by atoms with Crippen molar-refractivity contribution in [3.8, 4) is 0 Å². The monoisotopic (exact) mass is 446 g/mol. The summed E-state index contributed by atoms with van der Waals surface area (Å²) in [6.07, 6.45) is 4.70. The molecular weight excluding hydrogens is 428 g/mol. The van der Waals surface area contributed by atoms with Crippen LogP contribution in [0.1, 0.15) is 35.7 Å². The largest absolute Gasteiger partial charge is 0.357 e. The van der Waals surface area contributed by atoms with Crippen molar-refractivity contribution in [2.75, 3.05) is 6.54 Å². The minimum atomic E-state index is 0.440. The third-order valence-corrected chi connectivity index (χ3v) is 5.91. The van der Waals surface area contributed by atoms with Crippen molar-refractivity contribution in [2.45, 2.75) is 31.7 Å². The van der Waals surface area contributed by atoms with Gasteiger partial charge in [-0.3, -0.25) is 0 Å². The van der Waals surface area contributed by atoms with Gasteiger partial charge >= 0.3 is 0 Å². The molecular formula is C20H20Br2N2. The van der Waals surface area contributed by atoms with Crippen molar-refractivity contribution in [3.05, 3.63) is 68.2 Å². The number of fused-ring (bicyclic) bond motifs is 3. The standard InChI is InChI=1S/C20H20Br2N2/c21-14-6-4-13(5-7-14)10-11-23-19-3-1-2-16-17-12-15(22)8-9-18(17)24-20(16)19/h4-9,12,19,23-24H,1-3,10-11H2. The number of hydrogen-bond donors (Lipinski definition) is 2. The summed E-state index contributed by atoms with van der Waals surface area (Å²) in [5, 5.41) is 5.14. The highest BCUT2D eigenvalue weighted by Gasteiger charge is 2.23. The van der Waals surface area contributed by atoms with Crippen LogP contribution in [0.2, 0.25) is 0 Å². The molecule has 1 unspecified atom stereocenters. The zero-order chi connectivity index (χ0) is 16.5. The Hall–Kier alpha value is -1.10. The maximum Gasteiger partial charge on any atom is 0.0476 e. The molecule has 1 atom stereocenters. The molecule has 1 heterocycles. The zero-order valence-electron chi connectivity index (χ0n) is 13.4. The molecule has 0 saturated heterocycles.